The lowest BCUT2D eigenvalue weighted by Gasteiger charge is -2.31. The molecule has 1 aromatic heterocycles. The van der Waals surface area contributed by atoms with E-state index in [0.717, 1.165) is 77.0 Å². The fraction of sp³-hybridized carbons (Fsp3) is 0.923. The van der Waals surface area contributed by atoms with Crippen LogP contribution in [0.3, 0.4) is 0 Å². The van der Waals surface area contributed by atoms with Crippen LogP contribution >= 0.6 is 0 Å². The summed E-state index contributed by atoms with van der Waals surface area (Å²) in [5.74, 6) is 1.64. The number of hydrogen-bond donors (Lipinski definition) is 0. The van der Waals surface area contributed by atoms with Gasteiger partial charge in [-0.2, -0.15) is 15.0 Å². The Kier molecular flexibility index (Phi) is 14.7. The van der Waals surface area contributed by atoms with E-state index in [1.54, 1.807) is 0 Å². The molecule has 6 saturated carbocycles. The SMILES string of the molecule is C1CCC(OCN(COC2CCCC2)c2nc(N(COC3CCCC3)COC3CCCC3)nc(N(COC3CCCC3)COC3CCCC3)n2)C1. The molecule has 0 radical (unpaired) electrons. The Bertz CT molecular complexity index is 921. The third-order valence-corrected chi connectivity index (χ3v) is 12.1. The number of rotatable bonds is 21. The zero-order valence-corrected chi connectivity index (χ0v) is 31.3. The summed E-state index contributed by atoms with van der Waals surface area (Å²) in [5, 5.41) is 0. The Morgan fingerprint density at radius 3 is 0.608 bits per heavy atom. The van der Waals surface area contributed by atoms with Crippen LogP contribution in [0.25, 0.3) is 0 Å². The lowest BCUT2D eigenvalue weighted by atomic mass is 10.3. The van der Waals surface area contributed by atoms with Gasteiger partial charge in [-0.3, -0.25) is 14.7 Å². The lowest BCUT2D eigenvalue weighted by Crippen LogP contribution is -2.39. The first-order valence-electron chi connectivity index (χ1n) is 21.0. The van der Waals surface area contributed by atoms with Crippen molar-refractivity contribution >= 4 is 17.8 Å². The van der Waals surface area contributed by atoms with E-state index in [-0.39, 0.29) is 36.6 Å². The highest BCUT2D eigenvalue weighted by Gasteiger charge is 2.28. The first-order valence-corrected chi connectivity index (χ1v) is 21.0. The molecule has 6 fully saturated rings. The van der Waals surface area contributed by atoms with Crippen LogP contribution in [0.15, 0.2) is 0 Å². The average molecular weight is 715 g/mol. The highest BCUT2D eigenvalue weighted by atomic mass is 16.5. The Labute approximate surface area is 306 Å². The standard InChI is InChI=1S/C39H66N6O6/c1-2-14-31(13-1)46-25-43(26-47-32-15-3-4-16-32)37-40-38(44(27-48-33-17-5-6-18-33)28-49-34-19-7-8-20-34)42-39(41-37)45(29-50-35-21-9-10-22-35)30-51-36-23-11-12-24-36/h31-36H,1-30H2. The van der Waals surface area contributed by atoms with Crippen molar-refractivity contribution in [1.29, 1.82) is 0 Å². The van der Waals surface area contributed by atoms with E-state index in [9.17, 15) is 0 Å². The van der Waals surface area contributed by atoms with Crippen molar-refractivity contribution in [2.75, 3.05) is 55.1 Å². The zero-order valence-electron chi connectivity index (χ0n) is 31.3. The zero-order chi connectivity index (χ0) is 34.5. The van der Waals surface area contributed by atoms with Crippen LogP contribution in [-0.2, 0) is 28.4 Å². The molecule has 12 nitrogen and oxygen atoms in total. The first kappa shape index (κ1) is 37.5. The van der Waals surface area contributed by atoms with Gasteiger partial charge in [0.1, 0.15) is 40.4 Å². The molecule has 12 heteroatoms. The van der Waals surface area contributed by atoms with Crippen LogP contribution in [0.5, 0.6) is 0 Å². The predicted molar refractivity (Wildman–Crippen MR) is 197 cm³/mol. The Hall–Kier alpha value is -1.83. The van der Waals surface area contributed by atoms with Gasteiger partial charge in [-0.15, -0.1) is 0 Å². The highest BCUT2D eigenvalue weighted by Crippen LogP contribution is 2.29. The van der Waals surface area contributed by atoms with Gasteiger partial charge in [0.15, 0.2) is 0 Å². The quantitative estimate of drug-likeness (QED) is 0.116. The van der Waals surface area contributed by atoms with Crippen molar-refractivity contribution in [3.8, 4) is 0 Å². The van der Waals surface area contributed by atoms with E-state index < -0.39 is 0 Å². The summed E-state index contributed by atoms with van der Waals surface area (Å²) in [6.45, 7) is 2.22. The summed E-state index contributed by atoms with van der Waals surface area (Å²) in [4.78, 5) is 21.7. The van der Waals surface area contributed by atoms with Gasteiger partial charge in [0.2, 0.25) is 17.8 Å². The van der Waals surface area contributed by atoms with Gasteiger partial charge in [-0.25, -0.2) is 0 Å². The summed E-state index contributed by atoms with van der Waals surface area (Å²) < 4.78 is 39.1. The second kappa shape index (κ2) is 20.0. The Morgan fingerprint density at radius 1 is 0.294 bits per heavy atom. The monoisotopic (exact) mass is 715 g/mol. The maximum atomic E-state index is 6.51. The van der Waals surface area contributed by atoms with E-state index in [1.165, 1.54) is 77.0 Å². The van der Waals surface area contributed by atoms with E-state index in [4.69, 9.17) is 43.4 Å². The van der Waals surface area contributed by atoms with Crippen LogP contribution in [-0.4, -0.2) is 92.0 Å². The average Bonchev–Trinajstić information content (AvgIpc) is 4.01. The molecule has 51 heavy (non-hydrogen) atoms. The van der Waals surface area contributed by atoms with Crippen molar-refractivity contribution in [2.45, 2.75) is 191 Å². The van der Waals surface area contributed by atoms with Crippen LogP contribution in [0.2, 0.25) is 0 Å². The van der Waals surface area contributed by atoms with Gasteiger partial charge in [-0.1, -0.05) is 77.0 Å². The molecular weight excluding hydrogens is 648 g/mol. The fourth-order valence-corrected chi connectivity index (χ4v) is 8.73. The normalized spacial score (nSPS) is 23.1. The molecule has 0 aromatic carbocycles. The second-order valence-corrected chi connectivity index (χ2v) is 16.1. The van der Waals surface area contributed by atoms with E-state index in [0.29, 0.717) is 58.2 Å². The molecule has 6 aliphatic rings. The molecule has 0 amide bonds. The van der Waals surface area contributed by atoms with E-state index in [2.05, 4.69) is 14.7 Å². The van der Waals surface area contributed by atoms with E-state index >= 15 is 0 Å². The van der Waals surface area contributed by atoms with Crippen molar-refractivity contribution in [3.63, 3.8) is 0 Å². The number of hydrogen-bond acceptors (Lipinski definition) is 12. The molecule has 0 aliphatic heterocycles. The molecule has 0 unspecified atom stereocenters. The topological polar surface area (TPSA) is 104 Å². The molecule has 0 N–H and O–H groups in total. The molecule has 7 rings (SSSR count). The van der Waals surface area contributed by atoms with Gasteiger partial charge in [-0.05, 0) is 77.0 Å². The molecule has 0 spiro atoms. The van der Waals surface area contributed by atoms with E-state index in [1.807, 2.05) is 0 Å². The van der Waals surface area contributed by atoms with Crippen molar-refractivity contribution in [1.82, 2.24) is 15.0 Å². The third kappa shape index (κ3) is 11.6. The van der Waals surface area contributed by atoms with Crippen LogP contribution in [0.4, 0.5) is 17.8 Å². The van der Waals surface area contributed by atoms with Crippen molar-refractivity contribution < 1.29 is 28.4 Å². The largest absolute Gasteiger partial charge is 0.358 e. The molecule has 0 bridgehead atoms. The number of ether oxygens (including phenoxy) is 6. The third-order valence-electron chi connectivity index (χ3n) is 12.1. The van der Waals surface area contributed by atoms with Crippen molar-refractivity contribution in [3.05, 3.63) is 0 Å². The molecule has 0 atom stereocenters. The molecular formula is C39H66N6O6. The summed E-state index contributed by atoms with van der Waals surface area (Å²) in [7, 11) is 0. The van der Waals surface area contributed by atoms with Gasteiger partial charge < -0.3 is 28.4 Å². The minimum atomic E-state index is 0.256. The summed E-state index contributed by atoms with van der Waals surface area (Å²) in [5.41, 5.74) is 0. The molecule has 0 saturated heterocycles. The number of aromatic nitrogens is 3. The smallest absolute Gasteiger partial charge is 0.235 e. The first-order chi connectivity index (χ1) is 25.2. The molecule has 288 valence electrons. The molecule has 6 aliphatic carbocycles. The summed E-state index contributed by atoms with van der Waals surface area (Å²) in [6.07, 6.45) is 29.3. The predicted octanol–water partition coefficient (Wildman–Crippen LogP) is 7.79. The molecule has 1 heterocycles. The maximum absolute atomic E-state index is 6.51. The minimum Gasteiger partial charge on any atom is -0.358 e. The fourth-order valence-electron chi connectivity index (χ4n) is 8.73. The number of anilines is 3. The lowest BCUT2D eigenvalue weighted by molar-refractivity contribution is 0.0146. The number of nitrogens with zero attached hydrogens (tertiary/aromatic N) is 6. The van der Waals surface area contributed by atoms with Gasteiger partial charge in [0, 0.05) is 0 Å². The summed E-state index contributed by atoms with van der Waals surface area (Å²) in [6, 6.07) is 0. The second-order valence-electron chi connectivity index (χ2n) is 16.1. The Morgan fingerprint density at radius 2 is 0.451 bits per heavy atom. The minimum absolute atomic E-state index is 0.256. The van der Waals surface area contributed by atoms with Gasteiger partial charge in [0.05, 0.1) is 36.6 Å². The maximum Gasteiger partial charge on any atom is 0.235 e. The summed E-state index contributed by atoms with van der Waals surface area (Å²) >= 11 is 0. The van der Waals surface area contributed by atoms with Crippen LogP contribution in [0, 0.1) is 0 Å². The van der Waals surface area contributed by atoms with Gasteiger partial charge >= 0.3 is 0 Å². The molecule has 1 aromatic rings. The van der Waals surface area contributed by atoms with Crippen molar-refractivity contribution in [2.24, 2.45) is 0 Å². The van der Waals surface area contributed by atoms with Crippen LogP contribution < -0.4 is 14.7 Å². The Balaban J connectivity index is 1.18. The van der Waals surface area contributed by atoms with Crippen LogP contribution in [0.1, 0.15) is 154 Å². The van der Waals surface area contributed by atoms with Gasteiger partial charge in [0.25, 0.3) is 0 Å². The highest BCUT2D eigenvalue weighted by molar-refractivity contribution is 5.46.